The molecule has 1 aliphatic heterocycles. The summed E-state index contributed by atoms with van der Waals surface area (Å²) in [6, 6.07) is 18.4. The molecule has 0 bridgehead atoms. The van der Waals surface area contributed by atoms with Gasteiger partial charge in [-0.2, -0.15) is 4.98 Å². The Hall–Kier alpha value is -3.41. The fourth-order valence-corrected chi connectivity index (χ4v) is 3.56. The van der Waals surface area contributed by atoms with Crippen LogP contribution in [0.4, 0.5) is 17.5 Å². The van der Waals surface area contributed by atoms with Gasteiger partial charge in [0.1, 0.15) is 5.82 Å². The number of aromatic nitrogens is 2. The zero-order valence-corrected chi connectivity index (χ0v) is 16.8. The van der Waals surface area contributed by atoms with Crippen molar-refractivity contribution in [1.82, 2.24) is 14.9 Å². The van der Waals surface area contributed by atoms with Gasteiger partial charge in [0.15, 0.2) is 0 Å². The highest BCUT2D eigenvalue weighted by atomic mass is 16.1. The van der Waals surface area contributed by atoms with Gasteiger partial charge in [-0.15, -0.1) is 0 Å². The lowest BCUT2D eigenvalue weighted by atomic mass is 10.1. The highest BCUT2D eigenvalue weighted by Gasteiger charge is 2.19. The van der Waals surface area contributed by atoms with Gasteiger partial charge in [-0.05, 0) is 25.0 Å². The van der Waals surface area contributed by atoms with E-state index in [0.29, 0.717) is 19.0 Å². The minimum atomic E-state index is 0.683. The zero-order valence-electron chi connectivity index (χ0n) is 16.8. The minimum Gasteiger partial charge on any atom is -0.342 e. The van der Waals surface area contributed by atoms with Gasteiger partial charge in [0, 0.05) is 43.5 Å². The maximum atomic E-state index is 11.0. The molecule has 1 aliphatic rings. The van der Waals surface area contributed by atoms with Gasteiger partial charge in [-0.3, -0.25) is 4.79 Å². The fraction of sp³-hybridized carbons (Fsp3) is 0.261. The number of nitrogens with one attached hydrogen (secondary N) is 1. The number of anilines is 3. The molecule has 0 aliphatic carbocycles. The van der Waals surface area contributed by atoms with Gasteiger partial charge in [0.2, 0.25) is 12.4 Å². The number of para-hydroxylation sites is 1. The molecule has 2 heterocycles. The third-order valence-electron chi connectivity index (χ3n) is 5.26. The summed E-state index contributed by atoms with van der Waals surface area (Å²) in [6.45, 7) is 6.99. The fourth-order valence-electron chi connectivity index (χ4n) is 3.56. The third kappa shape index (κ3) is 4.21. The summed E-state index contributed by atoms with van der Waals surface area (Å²) in [6.07, 6.45) is 0.909. The topological polar surface area (TPSA) is 61.4 Å². The van der Waals surface area contributed by atoms with Crippen LogP contribution in [0.1, 0.15) is 11.1 Å². The number of piperazine rings is 1. The zero-order chi connectivity index (χ0) is 20.2. The molecule has 2 aromatic carbocycles. The largest absolute Gasteiger partial charge is 0.342 e. The van der Waals surface area contributed by atoms with E-state index in [1.54, 1.807) is 4.90 Å². The molecule has 1 aromatic heterocycles. The van der Waals surface area contributed by atoms with Crippen molar-refractivity contribution >= 4 is 23.9 Å². The van der Waals surface area contributed by atoms with Crippen LogP contribution >= 0.6 is 0 Å². The average Bonchev–Trinajstić information content (AvgIpc) is 2.77. The third-order valence-corrected chi connectivity index (χ3v) is 5.26. The molecule has 0 unspecified atom stereocenters. The molecule has 1 N–H and O–H groups in total. The van der Waals surface area contributed by atoms with Crippen LogP contribution in [-0.2, 0) is 4.79 Å². The Bertz CT molecular complexity index is 977. The Balaban J connectivity index is 1.71. The van der Waals surface area contributed by atoms with Gasteiger partial charge in [0.05, 0.1) is 5.69 Å². The van der Waals surface area contributed by atoms with Crippen LogP contribution in [0.5, 0.6) is 0 Å². The highest BCUT2D eigenvalue weighted by molar-refractivity contribution is 5.70. The summed E-state index contributed by atoms with van der Waals surface area (Å²) in [5.41, 5.74) is 5.34. The monoisotopic (exact) mass is 387 g/mol. The van der Waals surface area contributed by atoms with Gasteiger partial charge >= 0.3 is 0 Å². The summed E-state index contributed by atoms with van der Waals surface area (Å²) >= 11 is 0. The summed E-state index contributed by atoms with van der Waals surface area (Å²) < 4.78 is 0. The molecule has 0 saturated carbocycles. The summed E-state index contributed by atoms with van der Waals surface area (Å²) in [5.74, 6) is 1.45. The van der Waals surface area contributed by atoms with E-state index >= 15 is 0 Å². The normalized spacial score (nSPS) is 14.0. The van der Waals surface area contributed by atoms with Gasteiger partial charge in [-0.25, -0.2) is 4.98 Å². The molecule has 29 heavy (non-hydrogen) atoms. The molecule has 1 fully saturated rings. The number of carbonyl (C=O) groups is 1. The van der Waals surface area contributed by atoms with Crippen LogP contribution < -0.4 is 10.2 Å². The maximum absolute atomic E-state index is 11.0. The molecule has 6 nitrogen and oxygen atoms in total. The molecule has 6 heteroatoms. The molecule has 0 radical (unpaired) electrons. The average molecular weight is 387 g/mol. The van der Waals surface area contributed by atoms with Crippen molar-refractivity contribution in [2.75, 3.05) is 36.4 Å². The summed E-state index contributed by atoms with van der Waals surface area (Å²) in [5, 5.41) is 3.51. The first-order valence-electron chi connectivity index (χ1n) is 9.86. The van der Waals surface area contributed by atoms with E-state index in [-0.39, 0.29) is 0 Å². The number of benzene rings is 2. The maximum Gasteiger partial charge on any atom is 0.228 e. The number of hydrogen-bond acceptors (Lipinski definition) is 5. The van der Waals surface area contributed by atoms with Crippen molar-refractivity contribution in [2.45, 2.75) is 13.8 Å². The van der Waals surface area contributed by atoms with E-state index in [1.165, 1.54) is 11.1 Å². The lowest BCUT2D eigenvalue weighted by molar-refractivity contribution is -0.118. The van der Waals surface area contributed by atoms with Gasteiger partial charge < -0.3 is 15.1 Å². The second kappa shape index (κ2) is 8.31. The Morgan fingerprint density at radius 3 is 2.24 bits per heavy atom. The quantitative estimate of drug-likeness (QED) is 0.675. The van der Waals surface area contributed by atoms with Gasteiger partial charge in [-0.1, -0.05) is 48.5 Å². The Kier molecular flexibility index (Phi) is 5.42. The summed E-state index contributed by atoms with van der Waals surface area (Å²) in [4.78, 5) is 24.6. The van der Waals surface area contributed by atoms with E-state index in [0.717, 1.165) is 42.3 Å². The van der Waals surface area contributed by atoms with Crippen molar-refractivity contribution in [3.63, 3.8) is 0 Å². The molecule has 1 saturated heterocycles. The van der Waals surface area contributed by atoms with E-state index in [2.05, 4.69) is 54.4 Å². The molecule has 148 valence electrons. The first kappa shape index (κ1) is 18.9. The number of carbonyl (C=O) groups excluding carboxylic acids is 1. The van der Waals surface area contributed by atoms with E-state index in [9.17, 15) is 4.79 Å². The predicted molar refractivity (Wildman–Crippen MR) is 117 cm³/mol. The van der Waals surface area contributed by atoms with Crippen molar-refractivity contribution < 1.29 is 4.79 Å². The van der Waals surface area contributed by atoms with Crippen LogP contribution in [-0.4, -0.2) is 47.5 Å². The minimum absolute atomic E-state index is 0.683. The molecule has 4 rings (SSSR count). The molecular weight excluding hydrogens is 362 g/mol. The number of nitrogens with zero attached hydrogens (tertiary/aromatic N) is 4. The van der Waals surface area contributed by atoms with E-state index < -0.39 is 0 Å². The number of amides is 1. The van der Waals surface area contributed by atoms with Crippen molar-refractivity contribution in [2.24, 2.45) is 0 Å². The first-order valence-corrected chi connectivity index (χ1v) is 9.86. The summed E-state index contributed by atoms with van der Waals surface area (Å²) in [7, 11) is 0. The Labute approximate surface area is 171 Å². The van der Waals surface area contributed by atoms with Crippen molar-refractivity contribution in [3.8, 4) is 11.3 Å². The molecule has 0 atom stereocenters. The first-order chi connectivity index (χ1) is 14.1. The van der Waals surface area contributed by atoms with Crippen LogP contribution in [0.2, 0.25) is 0 Å². The lowest BCUT2D eigenvalue weighted by Gasteiger charge is -2.32. The predicted octanol–water partition coefficient (Wildman–Crippen LogP) is 3.78. The smallest absolute Gasteiger partial charge is 0.228 e. The Morgan fingerprint density at radius 1 is 0.897 bits per heavy atom. The lowest BCUT2D eigenvalue weighted by Crippen LogP contribution is -2.46. The number of aryl methyl sites for hydroxylation is 2. The molecule has 1 amide bonds. The number of hydrogen-bond donors (Lipinski definition) is 1. The Morgan fingerprint density at radius 2 is 1.59 bits per heavy atom. The standard InChI is InChI=1S/C23H25N5O/c1-17-7-6-8-18(2)22(17)25-21-15-20(19-9-4-3-5-10-19)24-23(26-21)28-13-11-27(16-29)12-14-28/h3-10,15-16H,11-14H2,1-2H3,(H,24,25,26). The van der Waals surface area contributed by atoms with Crippen LogP contribution in [0.25, 0.3) is 11.3 Å². The SMILES string of the molecule is Cc1cccc(C)c1Nc1cc(-c2ccccc2)nc(N2CCN(C=O)CC2)n1. The number of rotatable bonds is 5. The second-order valence-corrected chi connectivity index (χ2v) is 7.32. The molecular formula is C23H25N5O. The van der Waals surface area contributed by atoms with Gasteiger partial charge in [0.25, 0.3) is 0 Å². The molecule has 0 spiro atoms. The highest BCUT2D eigenvalue weighted by Crippen LogP contribution is 2.28. The van der Waals surface area contributed by atoms with E-state index in [1.807, 2.05) is 24.3 Å². The van der Waals surface area contributed by atoms with Crippen LogP contribution in [0.3, 0.4) is 0 Å². The van der Waals surface area contributed by atoms with Crippen LogP contribution in [0, 0.1) is 13.8 Å². The van der Waals surface area contributed by atoms with Crippen LogP contribution in [0.15, 0.2) is 54.6 Å². The molecule has 3 aromatic rings. The van der Waals surface area contributed by atoms with E-state index in [4.69, 9.17) is 9.97 Å². The van der Waals surface area contributed by atoms with Crippen molar-refractivity contribution in [3.05, 3.63) is 65.7 Å². The van der Waals surface area contributed by atoms with Crippen molar-refractivity contribution in [1.29, 1.82) is 0 Å². The second-order valence-electron chi connectivity index (χ2n) is 7.32.